The fourth-order valence-electron chi connectivity index (χ4n) is 1.21. The molecule has 0 aliphatic heterocycles. The molecule has 0 saturated carbocycles. The van der Waals surface area contributed by atoms with E-state index >= 15 is 0 Å². The monoisotopic (exact) mass is 242 g/mol. The summed E-state index contributed by atoms with van der Waals surface area (Å²) < 4.78 is 0. The first kappa shape index (κ1) is 12.4. The molecule has 1 aromatic rings. The number of amides is 1. The Morgan fingerprint density at radius 2 is 2.12 bits per heavy atom. The Labute approximate surface area is 97.6 Å². The van der Waals surface area contributed by atoms with E-state index in [9.17, 15) is 14.9 Å². The van der Waals surface area contributed by atoms with Crippen molar-refractivity contribution in [2.75, 3.05) is 5.88 Å². The first-order valence-corrected chi connectivity index (χ1v) is 5.23. The Balaban J connectivity index is 2.66. The van der Waals surface area contributed by atoms with Crippen LogP contribution in [0.25, 0.3) is 0 Å². The van der Waals surface area contributed by atoms with E-state index in [1.54, 1.807) is 18.2 Å². The summed E-state index contributed by atoms with van der Waals surface area (Å²) in [4.78, 5) is 21.3. The molecule has 0 aromatic heterocycles. The Bertz CT molecular complexity index is 395. The molecule has 0 aliphatic rings. The van der Waals surface area contributed by atoms with Crippen molar-refractivity contribution in [3.05, 3.63) is 39.9 Å². The van der Waals surface area contributed by atoms with Gasteiger partial charge >= 0.3 is 0 Å². The van der Waals surface area contributed by atoms with Gasteiger partial charge in [-0.25, -0.2) is 0 Å². The number of para-hydroxylation sites is 1. The number of halogens is 1. The summed E-state index contributed by atoms with van der Waals surface area (Å²) in [6.07, 6.45) is 0.211. The molecule has 0 spiro atoms. The van der Waals surface area contributed by atoms with Crippen molar-refractivity contribution in [1.29, 1.82) is 0 Å². The summed E-state index contributed by atoms with van der Waals surface area (Å²) in [7, 11) is 0. The van der Waals surface area contributed by atoms with E-state index in [2.05, 4.69) is 5.32 Å². The van der Waals surface area contributed by atoms with Crippen molar-refractivity contribution < 1.29 is 9.72 Å². The topological polar surface area (TPSA) is 72.2 Å². The molecule has 1 N–H and O–H groups in total. The Morgan fingerprint density at radius 1 is 1.44 bits per heavy atom. The van der Waals surface area contributed by atoms with Crippen molar-refractivity contribution in [2.24, 2.45) is 0 Å². The average Bonchev–Trinajstić information content (AvgIpc) is 2.27. The highest BCUT2D eigenvalue weighted by atomic mass is 35.5. The largest absolute Gasteiger partial charge is 0.352 e. The normalized spacial score (nSPS) is 9.81. The number of hydrogen-bond donors (Lipinski definition) is 1. The zero-order chi connectivity index (χ0) is 12.0. The van der Waals surface area contributed by atoms with Crippen LogP contribution in [0.2, 0.25) is 0 Å². The summed E-state index contributed by atoms with van der Waals surface area (Å²) in [5.74, 6) is 0.0241. The second-order valence-corrected chi connectivity index (χ2v) is 3.48. The van der Waals surface area contributed by atoms with Gasteiger partial charge in [0.25, 0.3) is 5.69 Å². The lowest BCUT2D eigenvalue weighted by Crippen LogP contribution is -2.23. The third-order valence-electron chi connectivity index (χ3n) is 1.99. The van der Waals surface area contributed by atoms with E-state index in [1.165, 1.54) is 6.07 Å². The van der Waals surface area contributed by atoms with Gasteiger partial charge < -0.3 is 5.32 Å². The van der Waals surface area contributed by atoms with E-state index in [1.807, 2.05) is 0 Å². The van der Waals surface area contributed by atoms with E-state index in [0.29, 0.717) is 5.56 Å². The lowest BCUT2D eigenvalue weighted by molar-refractivity contribution is -0.385. The number of nitrogens with one attached hydrogen (secondary N) is 1. The Hall–Kier alpha value is -1.62. The zero-order valence-corrected chi connectivity index (χ0v) is 9.24. The molecule has 0 atom stereocenters. The van der Waals surface area contributed by atoms with Crippen LogP contribution < -0.4 is 5.32 Å². The fraction of sp³-hybridized carbons (Fsp3) is 0.300. The standard InChI is InChI=1S/C10H11ClN2O3/c11-6-5-10(14)12-7-8-3-1-2-4-9(8)13(15)16/h1-4H,5-7H2,(H,12,14). The molecule has 1 aromatic carbocycles. The van der Waals surface area contributed by atoms with Crippen LogP contribution in [0, 0.1) is 10.1 Å². The predicted molar refractivity (Wildman–Crippen MR) is 60.3 cm³/mol. The van der Waals surface area contributed by atoms with Crippen LogP contribution in [0.1, 0.15) is 12.0 Å². The highest BCUT2D eigenvalue weighted by Crippen LogP contribution is 2.16. The summed E-state index contributed by atoms with van der Waals surface area (Å²) in [6, 6.07) is 6.29. The molecule has 0 unspecified atom stereocenters. The number of alkyl halides is 1. The van der Waals surface area contributed by atoms with Gasteiger partial charge in [0.2, 0.25) is 5.91 Å². The summed E-state index contributed by atoms with van der Waals surface area (Å²) in [5, 5.41) is 13.2. The van der Waals surface area contributed by atoms with E-state index in [-0.39, 0.29) is 30.4 Å². The molecule has 0 bridgehead atoms. The molecule has 0 fully saturated rings. The van der Waals surface area contributed by atoms with Gasteiger partial charge in [-0.3, -0.25) is 14.9 Å². The minimum atomic E-state index is -0.469. The van der Waals surface area contributed by atoms with Crippen molar-refractivity contribution in [3.63, 3.8) is 0 Å². The van der Waals surface area contributed by atoms with Crippen LogP contribution in [0.5, 0.6) is 0 Å². The van der Waals surface area contributed by atoms with Crippen molar-refractivity contribution in [2.45, 2.75) is 13.0 Å². The van der Waals surface area contributed by atoms with Crippen LogP contribution >= 0.6 is 11.6 Å². The molecule has 0 heterocycles. The minimum Gasteiger partial charge on any atom is -0.352 e. The predicted octanol–water partition coefficient (Wildman–Crippen LogP) is 1.84. The van der Waals surface area contributed by atoms with Gasteiger partial charge in [-0.1, -0.05) is 18.2 Å². The van der Waals surface area contributed by atoms with E-state index in [4.69, 9.17) is 11.6 Å². The van der Waals surface area contributed by atoms with Gasteiger partial charge in [0, 0.05) is 30.5 Å². The molecule has 1 amide bonds. The number of nitro benzene ring substituents is 1. The molecule has 0 saturated heterocycles. The van der Waals surface area contributed by atoms with Crippen LogP contribution in [-0.4, -0.2) is 16.7 Å². The van der Waals surface area contributed by atoms with Crippen LogP contribution in [-0.2, 0) is 11.3 Å². The summed E-state index contributed by atoms with van der Waals surface area (Å²) in [6.45, 7) is 0.146. The molecular formula is C10H11ClN2O3. The number of nitro groups is 1. The first-order valence-electron chi connectivity index (χ1n) is 4.70. The van der Waals surface area contributed by atoms with Crippen LogP contribution in [0.4, 0.5) is 5.69 Å². The SMILES string of the molecule is O=C(CCCl)NCc1ccccc1[N+](=O)[O-]. The maximum absolute atomic E-state index is 11.1. The number of rotatable bonds is 5. The van der Waals surface area contributed by atoms with Gasteiger partial charge in [-0.2, -0.15) is 0 Å². The highest BCUT2D eigenvalue weighted by molar-refractivity contribution is 6.18. The quantitative estimate of drug-likeness (QED) is 0.486. The van der Waals surface area contributed by atoms with Crippen LogP contribution in [0.15, 0.2) is 24.3 Å². The van der Waals surface area contributed by atoms with Gasteiger partial charge in [0.05, 0.1) is 4.92 Å². The third-order valence-corrected chi connectivity index (χ3v) is 2.17. The highest BCUT2D eigenvalue weighted by Gasteiger charge is 2.12. The van der Waals surface area contributed by atoms with Crippen molar-refractivity contribution >= 4 is 23.2 Å². The maximum atomic E-state index is 11.1. The smallest absolute Gasteiger partial charge is 0.274 e. The number of benzene rings is 1. The molecule has 6 heteroatoms. The van der Waals surface area contributed by atoms with Crippen molar-refractivity contribution in [1.82, 2.24) is 5.32 Å². The second-order valence-electron chi connectivity index (χ2n) is 3.10. The molecule has 0 aliphatic carbocycles. The Kier molecular flexibility index (Phi) is 4.72. The third kappa shape index (κ3) is 3.51. The molecular weight excluding hydrogens is 232 g/mol. The van der Waals surface area contributed by atoms with E-state index < -0.39 is 4.92 Å². The van der Waals surface area contributed by atoms with E-state index in [0.717, 1.165) is 0 Å². The summed E-state index contributed by atoms with van der Waals surface area (Å²) >= 11 is 5.39. The average molecular weight is 243 g/mol. The van der Waals surface area contributed by atoms with Gasteiger partial charge in [0.1, 0.15) is 0 Å². The van der Waals surface area contributed by atoms with Gasteiger partial charge in [-0.15, -0.1) is 11.6 Å². The minimum absolute atomic E-state index is 0.00803. The zero-order valence-electron chi connectivity index (χ0n) is 8.48. The number of carbonyl (C=O) groups is 1. The Morgan fingerprint density at radius 3 is 2.75 bits per heavy atom. The van der Waals surface area contributed by atoms with Crippen molar-refractivity contribution in [3.8, 4) is 0 Å². The first-order chi connectivity index (χ1) is 7.65. The summed E-state index contributed by atoms with van der Waals surface area (Å²) in [5.41, 5.74) is 0.490. The molecule has 86 valence electrons. The molecule has 16 heavy (non-hydrogen) atoms. The lowest BCUT2D eigenvalue weighted by atomic mass is 10.2. The van der Waals surface area contributed by atoms with Crippen LogP contribution in [0.3, 0.4) is 0 Å². The second kappa shape index (κ2) is 6.07. The lowest BCUT2D eigenvalue weighted by Gasteiger charge is -2.04. The maximum Gasteiger partial charge on any atom is 0.274 e. The fourth-order valence-corrected chi connectivity index (χ4v) is 1.38. The molecule has 5 nitrogen and oxygen atoms in total. The number of hydrogen-bond acceptors (Lipinski definition) is 3. The number of nitrogens with zero attached hydrogens (tertiary/aromatic N) is 1. The number of carbonyl (C=O) groups excluding carboxylic acids is 1. The van der Waals surface area contributed by atoms with Gasteiger partial charge in [-0.05, 0) is 0 Å². The molecule has 1 rings (SSSR count). The van der Waals surface area contributed by atoms with Gasteiger partial charge in [0.15, 0.2) is 0 Å². The molecule has 0 radical (unpaired) electrons.